The number of hydrogen-bond acceptors (Lipinski definition) is 7. The van der Waals surface area contributed by atoms with E-state index in [4.69, 9.17) is 14.2 Å². The lowest BCUT2D eigenvalue weighted by Crippen LogP contribution is -2.54. The van der Waals surface area contributed by atoms with Crippen LogP contribution < -0.4 is 10.1 Å². The quantitative estimate of drug-likeness (QED) is 0.317. The molecule has 0 aliphatic carbocycles. The van der Waals surface area contributed by atoms with Crippen molar-refractivity contribution in [3.05, 3.63) is 59.7 Å². The van der Waals surface area contributed by atoms with Gasteiger partial charge in [0.2, 0.25) is 5.91 Å². The van der Waals surface area contributed by atoms with Gasteiger partial charge in [-0.05, 0) is 68.1 Å². The van der Waals surface area contributed by atoms with Gasteiger partial charge < -0.3 is 19.5 Å². The van der Waals surface area contributed by atoms with Crippen LogP contribution in [0, 0.1) is 5.92 Å². The fourth-order valence-electron chi connectivity index (χ4n) is 3.54. The van der Waals surface area contributed by atoms with Crippen LogP contribution in [0.3, 0.4) is 0 Å². The van der Waals surface area contributed by atoms with E-state index < -0.39 is 17.5 Å². The number of nitrogens with one attached hydrogen (secondary N) is 1. The summed E-state index contributed by atoms with van der Waals surface area (Å²) in [7, 11) is 0. The maximum atomic E-state index is 12.6. The van der Waals surface area contributed by atoms with E-state index in [0.29, 0.717) is 36.3 Å². The molecule has 1 atom stereocenters. The number of ketones is 1. The van der Waals surface area contributed by atoms with Gasteiger partial charge >= 0.3 is 11.9 Å². The Hall–Kier alpha value is -3.68. The first kappa shape index (κ1) is 28.6. The zero-order chi connectivity index (χ0) is 26.7. The average Bonchev–Trinajstić information content (AvgIpc) is 2.86. The summed E-state index contributed by atoms with van der Waals surface area (Å²) in [6.07, 6.45) is 1.39. The van der Waals surface area contributed by atoms with E-state index in [1.807, 2.05) is 31.2 Å². The van der Waals surface area contributed by atoms with E-state index in [0.717, 1.165) is 5.56 Å². The summed E-state index contributed by atoms with van der Waals surface area (Å²) in [5.41, 5.74) is 0.338. The second-order valence-corrected chi connectivity index (χ2v) is 8.79. The second kappa shape index (κ2) is 13.4. The third-order valence-electron chi connectivity index (χ3n) is 5.68. The number of aryl methyl sites for hydroxylation is 1. The van der Waals surface area contributed by atoms with Crippen molar-refractivity contribution in [2.75, 3.05) is 13.2 Å². The minimum atomic E-state index is -1.07. The average molecular weight is 498 g/mol. The second-order valence-electron chi connectivity index (χ2n) is 8.79. The molecule has 2 rings (SSSR count). The van der Waals surface area contributed by atoms with Crippen molar-refractivity contribution in [3.63, 3.8) is 0 Å². The molecule has 0 aliphatic rings. The van der Waals surface area contributed by atoms with Crippen molar-refractivity contribution in [1.29, 1.82) is 0 Å². The van der Waals surface area contributed by atoms with Crippen molar-refractivity contribution < 1.29 is 33.4 Å². The number of ether oxygens (including phenoxy) is 3. The smallest absolute Gasteiger partial charge is 0.331 e. The molecule has 0 radical (unpaired) electrons. The number of hydrogen-bond donors (Lipinski definition) is 1. The Kier molecular flexibility index (Phi) is 10.6. The molecule has 8 heteroatoms. The van der Waals surface area contributed by atoms with E-state index >= 15 is 0 Å². The highest BCUT2D eigenvalue weighted by atomic mass is 16.5. The molecule has 2 aromatic carbocycles. The lowest BCUT2D eigenvalue weighted by Gasteiger charge is -2.31. The summed E-state index contributed by atoms with van der Waals surface area (Å²) >= 11 is 0. The van der Waals surface area contributed by atoms with Gasteiger partial charge in [0.05, 0.1) is 12.5 Å². The lowest BCUT2D eigenvalue weighted by atomic mass is 9.88. The summed E-state index contributed by atoms with van der Waals surface area (Å²) in [4.78, 5) is 48.0. The highest BCUT2D eigenvalue weighted by molar-refractivity contribution is 5.98. The van der Waals surface area contributed by atoms with Crippen LogP contribution in [-0.4, -0.2) is 42.4 Å². The lowest BCUT2D eigenvalue weighted by molar-refractivity contribution is -0.153. The molecule has 2 aromatic rings. The molecule has 8 nitrogen and oxygen atoms in total. The normalized spacial score (nSPS) is 12.4. The SMILES string of the molecule is CCOC(=O)C(CC)(CCc1ccc(Oc2ccc(C(=O)COC(=O)C(C)C)cc2)cc1)NC(C)=O. The predicted octanol–water partition coefficient (Wildman–Crippen LogP) is 4.64. The van der Waals surface area contributed by atoms with E-state index in [1.165, 1.54) is 6.92 Å². The van der Waals surface area contributed by atoms with Crippen LogP contribution >= 0.6 is 0 Å². The molecule has 1 unspecified atom stereocenters. The van der Waals surface area contributed by atoms with Crippen LogP contribution in [0.25, 0.3) is 0 Å². The number of amides is 1. The topological polar surface area (TPSA) is 108 Å². The number of carbonyl (C=O) groups excluding carboxylic acids is 4. The minimum Gasteiger partial charge on any atom is -0.464 e. The fraction of sp³-hybridized carbons (Fsp3) is 0.429. The Morgan fingerprint density at radius 1 is 0.889 bits per heavy atom. The summed E-state index contributed by atoms with van der Waals surface area (Å²) in [6, 6.07) is 14.0. The molecule has 0 aliphatic heterocycles. The number of esters is 2. The Labute approximate surface area is 212 Å². The zero-order valence-corrected chi connectivity index (χ0v) is 21.6. The summed E-state index contributed by atoms with van der Waals surface area (Å²) in [6.45, 7) is 8.34. The molecule has 0 spiro atoms. The van der Waals surface area contributed by atoms with E-state index in [9.17, 15) is 19.2 Å². The van der Waals surface area contributed by atoms with Gasteiger partial charge in [0.25, 0.3) is 0 Å². The maximum Gasteiger partial charge on any atom is 0.331 e. The highest BCUT2D eigenvalue weighted by Gasteiger charge is 2.38. The van der Waals surface area contributed by atoms with Crippen molar-refractivity contribution in [2.24, 2.45) is 5.92 Å². The van der Waals surface area contributed by atoms with Crippen molar-refractivity contribution in [3.8, 4) is 11.5 Å². The third kappa shape index (κ3) is 8.22. The van der Waals surface area contributed by atoms with Gasteiger partial charge in [-0.25, -0.2) is 4.79 Å². The number of carbonyl (C=O) groups is 4. The van der Waals surface area contributed by atoms with E-state index in [1.54, 1.807) is 45.0 Å². The molecule has 1 amide bonds. The Morgan fingerprint density at radius 2 is 1.47 bits per heavy atom. The monoisotopic (exact) mass is 497 g/mol. The molecule has 36 heavy (non-hydrogen) atoms. The van der Waals surface area contributed by atoms with Crippen molar-refractivity contribution >= 4 is 23.6 Å². The van der Waals surface area contributed by atoms with Gasteiger partial charge in [-0.2, -0.15) is 0 Å². The van der Waals surface area contributed by atoms with Crippen LogP contribution in [0.15, 0.2) is 48.5 Å². The van der Waals surface area contributed by atoms with Crippen LogP contribution in [0.2, 0.25) is 0 Å². The molecule has 0 saturated carbocycles. The maximum absolute atomic E-state index is 12.6. The number of benzene rings is 2. The number of Topliss-reactive ketones (excluding diaryl/α,β-unsaturated/α-hetero) is 1. The molecule has 0 fully saturated rings. The van der Waals surface area contributed by atoms with Crippen molar-refractivity contribution in [2.45, 2.75) is 59.4 Å². The molecule has 0 heterocycles. The van der Waals surface area contributed by atoms with Crippen LogP contribution in [0.5, 0.6) is 11.5 Å². The molecule has 0 aromatic heterocycles. The van der Waals surface area contributed by atoms with Crippen LogP contribution in [-0.2, 0) is 30.3 Å². The van der Waals surface area contributed by atoms with Gasteiger partial charge in [0.15, 0.2) is 12.4 Å². The van der Waals surface area contributed by atoms with Crippen LogP contribution in [0.4, 0.5) is 0 Å². The van der Waals surface area contributed by atoms with Crippen molar-refractivity contribution in [1.82, 2.24) is 5.32 Å². The van der Waals surface area contributed by atoms with Gasteiger partial charge in [0.1, 0.15) is 17.0 Å². The first-order valence-electron chi connectivity index (χ1n) is 12.1. The first-order chi connectivity index (χ1) is 17.1. The van der Waals surface area contributed by atoms with Crippen LogP contribution in [0.1, 0.15) is 63.4 Å². The highest BCUT2D eigenvalue weighted by Crippen LogP contribution is 2.25. The number of rotatable bonds is 13. The van der Waals surface area contributed by atoms with Gasteiger partial charge in [0, 0.05) is 12.5 Å². The molecular formula is C28H35NO7. The Morgan fingerprint density at radius 3 is 1.97 bits per heavy atom. The fourth-order valence-corrected chi connectivity index (χ4v) is 3.54. The summed E-state index contributed by atoms with van der Waals surface area (Å²) in [5.74, 6) is -0.535. The summed E-state index contributed by atoms with van der Waals surface area (Å²) < 4.78 is 16.1. The molecule has 194 valence electrons. The zero-order valence-electron chi connectivity index (χ0n) is 21.6. The van der Waals surface area contributed by atoms with Gasteiger partial charge in [-0.3, -0.25) is 14.4 Å². The molecule has 0 saturated heterocycles. The standard InChI is InChI=1S/C28H35NO7/c1-6-28(29-20(5)30,27(33)34-7-2)17-16-21-8-12-23(13-9-21)36-24-14-10-22(11-15-24)25(31)18-35-26(32)19(3)4/h8-15,19H,6-7,16-18H2,1-5H3,(H,29,30). The van der Waals surface area contributed by atoms with E-state index in [-0.39, 0.29) is 30.8 Å². The molecular weight excluding hydrogens is 462 g/mol. The largest absolute Gasteiger partial charge is 0.464 e. The molecule has 1 N–H and O–H groups in total. The summed E-state index contributed by atoms with van der Waals surface area (Å²) in [5, 5.41) is 2.79. The van der Waals surface area contributed by atoms with Gasteiger partial charge in [-0.1, -0.05) is 32.9 Å². The minimum absolute atomic E-state index is 0.243. The first-order valence-corrected chi connectivity index (χ1v) is 12.1. The predicted molar refractivity (Wildman–Crippen MR) is 135 cm³/mol. The van der Waals surface area contributed by atoms with E-state index in [2.05, 4.69) is 5.32 Å². The Balaban J connectivity index is 1.98. The Bertz CT molecular complexity index is 1040. The van der Waals surface area contributed by atoms with Gasteiger partial charge in [-0.15, -0.1) is 0 Å². The third-order valence-corrected chi connectivity index (χ3v) is 5.68. The molecule has 0 bridgehead atoms.